The third-order valence-electron chi connectivity index (χ3n) is 5.30. The molecule has 3 amide bonds. The minimum atomic E-state index is -0.456. The van der Waals surface area contributed by atoms with Gasteiger partial charge in [-0.3, -0.25) is 14.4 Å². The molecule has 8 nitrogen and oxygen atoms in total. The minimum absolute atomic E-state index is 0.140. The molecule has 0 heterocycles. The number of carbonyl (C=O) groups is 3. The van der Waals surface area contributed by atoms with Gasteiger partial charge in [0.15, 0.2) is 0 Å². The molecule has 0 aromatic heterocycles. The number of rotatable bonds is 9. The molecule has 37 heavy (non-hydrogen) atoms. The zero-order chi connectivity index (χ0) is 27.0. The topological polar surface area (TPSA) is 106 Å². The first-order valence-corrected chi connectivity index (χ1v) is 11.9. The molecule has 0 spiro atoms. The third-order valence-corrected chi connectivity index (χ3v) is 5.30. The van der Waals surface area contributed by atoms with Crippen LogP contribution in [0.15, 0.2) is 66.7 Å². The fraction of sp³-hybridized carbons (Fsp3) is 0.276. The van der Waals surface area contributed by atoms with Gasteiger partial charge in [-0.1, -0.05) is 24.3 Å². The first-order chi connectivity index (χ1) is 17.5. The summed E-state index contributed by atoms with van der Waals surface area (Å²) >= 11 is 0. The predicted molar refractivity (Wildman–Crippen MR) is 144 cm³/mol. The average molecular weight is 504 g/mol. The number of methoxy groups -OCH3 is 2. The van der Waals surface area contributed by atoms with E-state index in [0.29, 0.717) is 28.4 Å². The van der Waals surface area contributed by atoms with Crippen molar-refractivity contribution in [3.8, 4) is 11.5 Å². The summed E-state index contributed by atoms with van der Waals surface area (Å²) in [4.78, 5) is 38.3. The van der Waals surface area contributed by atoms with Gasteiger partial charge in [-0.25, -0.2) is 0 Å². The lowest BCUT2D eigenvalue weighted by molar-refractivity contribution is -0.116. The molecule has 0 saturated carbocycles. The Morgan fingerprint density at radius 3 is 1.43 bits per heavy atom. The van der Waals surface area contributed by atoms with Gasteiger partial charge < -0.3 is 25.4 Å². The molecule has 0 unspecified atom stereocenters. The van der Waals surface area contributed by atoms with Gasteiger partial charge in [-0.05, 0) is 74.4 Å². The molecule has 0 bridgehead atoms. The van der Waals surface area contributed by atoms with Crippen LogP contribution in [0.4, 0.5) is 11.4 Å². The molecule has 194 valence electrons. The Bertz CT molecular complexity index is 1160. The Balaban J connectivity index is 1.78. The van der Waals surface area contributed by atoms with Crippen LogP contribution in [0.5, 0.6) is 11.5 Å². The Labute approximate surface area is 217 Å². The monoisotopic (exact) mass is 503 g/mol. The molecular weight excluding hydrogens is 470 g/mol. The van der Waals surface area contributed by atoms with Crippen LogP contribution < -0.4 is 25.4 Å². The summed E-state index contributed by atoms with van der Waals surface area (Å²) in [6.45, 7) is 5.63. The molecule has 3 N–H and O–H groups in total. The van der Waals surface area contributed by atoms with E-state index in [9.17, 15) is 14.4 Å². The van der Waals surface area contributed by atoms with E-state index in [-0.39, 0.29) is 30.6 Å². The zero-order valence-corrected chi connectivity index (χ0v) is 21.8. The fourth-order valence-electron chi connectivity index (χ4n) is 3.58. The molecule has 0 fully saturated rings. The van der Waals surface area contributed by atoms with Crippen LogP contribution in [0.1, 0.15) is 42.3 Å². The molecule has 3 rings (SSSR count). The number of benzene rings is 3. The van der Waals surface area contributed by atoms with Gasteiger partial charge in [0.05, 0.1) is 27.1 Å². The molecule has 0 aliphatic rings. The summed E-state index contributed by atoms with van der Waals surface area (Å²) in [7, 11) is 3.16. The second-order valence-electron chi connectivity index (χ2n) is 9.65. The van der Waals surface area contributed by atoms with Crippen molar-refractivity contribution in [2.75, 3.05) is 24.9 Å². The van der Waals surface area contributed by atoms with E-state index in [1.165, 1.54) is 0 Å². The van der Waals surface area contributed by atoms with Crippen LogP contribution >= 0.6 is 0 Å². The Morgan fingerprint density at radius 1 is 0.676 bits per heavy atom. The van der Waals surface area contributed by atoms with Crippen LogP contribution in [-0.2, 0) is 22.4 Å². The van der Waals surface area contributed by atoms with E-state index in [1.54, 1.807) is 56.7 Å². The second kappa shape index (κ2) is 12.1. The molecule has 0 aliphatic heterocycles. The van der Waals surface area contributed by atoms with Crippen LogP contribution in [0, 0.1) is 0 Å². The van der Waals surface area contributed by atoms with Crippen molar-refractivity contribution < 1.29 is 23.9 Å². The number of amides is 3. The van der Waals surface area contributed by atoms with Gasteiger partial charge in [-0.2, -0.15) is 0 Å². The van der Waals surface area contributed by atoms with Crippen LogP contribution in [-0.4, -0.2) is 37.5 Å². The zero-order valence-electron chi connectivity index (χ0n) is 21.8. The van der Waals surface area contributed by atoms with Crippen molar-refractivity contribution in [2.24, 2.45) is 0 Å². The Morgan fingerprint density at radius 2 is 1.08 bits per heavy atom. The highest BCUT2D eigenvalue weighted by Crippen LogP contribution is 2.22. The molecule has 0 aliphatic carbocycles. The maximum Gasteiger partial charge on any atom is 0.251 e. The largest absolute Gasteiger partial charge is 0.497 e. The third kappa shape index (κ3) is 8.68. The highest BCUT2D eigenvalue weighted by atomic mass is 16.5. The van der Waals surface area contributed by atoms with Crippen molar-refractivity contribution in [3.05, 3.63) is 83.4 Å². The lowest BCUT2D eigenvalue weighted by atomic mass is 10.1. The van der Waals surface area contributed by atoms with E-state index < -0.39 is 5.54 Å². The number of carbonyl (C=O) groups excluding carboxylic acids is 3. The van der Waals surface area contributed by atoms with Gasteiger partial charge in [-0.15, -0.1) is 0 Å². The first-order valence-electron chi connectivity index (χ1n) is 11.9. The SMILES string of the molecule is COc1ccc(CC(=O)Nc2cc(NC(=O)Cc3ccc(OC)cc3)cc(C(=O)NC(C)(C)C)c2)cc1. The van der Waals surface area contributed by atoms with Crippen LogP contribution in [0.25, 0.3) is 0 Å². The fourth-order valence-corrected chi connectivity index (χ4v) is 3.58. The summed E-state index contributed by atoms with van der Waals surface area (Å²) in [5.74, 6) is 0.584. The molecule has 3 aromatic rings. The first kappa shape index (κ1) is 27.3. The predicted octanol–water partition coefficient (Wildman–Crippen LogP) is 4.59. The van der Waals surface area contributed by atoms with Crippen LogP contribution in [0.2, 0.25) is 0 Å². The molecular formula is C29H33N3O5. The molecule has 3 aromatic carbocycles. The van der Waals surface area contributed by atoms with E-state index in [2.05, 4.69) is 16.0 Å². The lowest BCUT2D eigenvalue weighted by Crippen LogP contribution is -2.40. The quantitative estimate of drug-likeness (QED) is 0.396. The average Bonchev–Trinajstić information content (AvgIpc) is 2.83. The molecule has 0 atom stereocenters. The number of hydrogen-bond donors (Lipinski definition) is 3. The van der Waals surface area contributed by atoms with Gasteiger partial charge in [0.1, 0.15) is 11.5 Å². The standard InChI is InChI=1S/C29H33N3O5/c1-29(2,3)32-28(35)21-16-22(30-26(33)14-19-6-10-24(36-4)11-7-19)18-23(17-21)31-27(34)15-20-8-12-25(37-5)13-9-20/h6-13,16-18H,14-15H2,1-5H3,(H,30,33)(H,31,34)(H,32,35). The maximum atomic E-state index is 12.9. The van der Waals surface area contributed by atoms with E-state index in [1.807, 2.05) is 45.0 Å². The molecule has 8 heteroatoms. The Kier molecular flexibility index (Phi) is 8.90. The second-order valence-corrected chi connectivity index (χ2v) is 9.65. The van der Waals surface area contributed by atoms with Crippen molar-refractivity contribution in [2.45, 2.75) is 39.2 Å². The van der Waals surface area contributed by atoms with E-state index >= 15 is 0 Å². The highest BCUT2D eigenvalue weighted by Gasteiger charge is 2.18. The van der Waals surface area contributed by atoms with Gasteiger partial charge in [0, 0.05) is 22.5 Å². The summed E-state index contributed by atoms with van der Waals surface area (Å²) in [5, 5.41) is 8.59. The van der Waals surface area contributed by atoms with Crippen molar-refractivity contribution >= 4 is 29.1 Å². The van der Waals surface area contributed by atoms with Crippen molar-refractivity contribution in [1.29, 1.82) is 0 Å². The summed E-state index contributed by atoms with van der Waals surface area (Å²) in [5.41, 5.74) is 2.29. The van der Waals surface area contributed by atoms with Gasteiger partial charge >= 0.3 is 0 Å². The highest BCUT2D eigenvalue weighted by molar-refractivity contribution is 6.01. The van der Waals surface area contributed by atoms with Crippen molar-refractivity contribution in [3.63, 3.8) is 0 Å². The summed E-state index contributed by atoms with van der Waals surface area (Å²) < 4.78 is 10.3. The van der Waals surface area contributed by atoms with Gasteiger partial charge in [0.25, 0.3) is 5.91 Å². The lowest BCUT2D eigenvalue weighted by Gasteiger charge is -2.21. The maximum absolute atomic E-state index is 12.9. The van der Waals surface area contributed by atoms with E-state index in [4.69, 9.17) is 9.47 Å². The number of hydrogen-bond acceptors (Lipinski definition) is 5. The normalized spacial score (nSPS) is 10.8. The van der Waals surface area contributed by atoms with E-state index in [0.717, 1.165) is 11.1 Å². The minimum Gasteiger partial charge on any atom is -0.497 e. The molecule has 0 saturated heterocycles. The summed E-state index contributed by atoms with van der Waals surface area (Å²) in [6.07, 6.45) is 0.281. The van der Waals surface area contributed by atoms with Crippen molar-refractivity contribution in [1.82, 2.24) is 5.32 Å². The number of anilines is 2. The Hall–Kier alpha value is -4.33. The summed E-state index contributed by atoms with van der Waals surface area (Å²) in [6, 6.07) is 19.2. The smallest absolute Gasteiger partial charge is 0.251 e. The number of ether oxygens (including phenoxy) is 2. The van der Waals surface area contributed by atoms with Gasteiger partial charge in [0.2, 0.25) is 11.8 Å². The molecule has 0 radical (unpaired) electrons. The van der Waals surface area contributed by atoms with Crippen LogP contribution in [0.3, 0.4) is 0 Å². The number of nitrogens with one attached hydrogen (secondary N) is 3.